The Labute approximate surface area is 176 Å². The Morgan fingerprint density at radius 1 is 0.867 bits per heavy atom. The predicted molar refractivity (Wildman–Crippen MR) is 105 cm³/mol. The second-order valence-corrected chi connectivity index (χ2v) is 7.38. The number of amides is 3. The van der Waals surface area contributed by atoms with Crippen LogP contribution in [-0.2, 0) is 28.8 Å². The highest BCUT2D eigenvalue weighted by Gasteiger charge is 2.26. The predicted octanol–water partition coefficient (Wildman–Crippen LogP) is -2.42. The van der Waals surface area contributed by atoms with E-state index in [1.54, 1.807) is 0 Å². The fourth-order valence-electron chi connectivity index (χ4n) is 1.99. The van der Waals surface area contributed by atoms with Crippen molar-refractivity contribution in [1.82, 2.24) is 16.0 Å². The van der Waals surface area contributed by atoms with Crippen molar-refractivity contribution in [2.45, 2.75) is 50.9 Å². The first kappa shape index (κ1) is 27.1. The Balaban J connectivity index is 4.98. The van der Waals surface area contributed by atoms with Gasteiger partial charge in [-0.3, -0.25) is 24.0 Å². The Kier molecular flexibility index (Phi) is 12.1. The van der Waals surface area contributed by atoms with Crippen molar-refractivity contribution in [2.75, 3.05) is 11.5 Å². The fraction of sp³-hybridized carbons (Fsp3) is 0.625. The van der Waals surface area contributed by atoms with E-state index in [9.17, 15) is 28.8 Å². The zero-order valence-electron chi connectivity index (χ0n) is 16.4. The van der Waals surface area contributed by atoms with Crippen LogP contribution in [0.25, 0.3) is 0 Å². The van der Waals surface area contributed by atoms with Crippen LogP contribution in [0.5, 0.6) is 0 Å². The van der Waals surface area contributed by atoms with Crippen LogP contribution in [0.4, 0.5) is 0 Å². The Bertz CT molecular complexity index is 673. The van der Waals surface area contributed by atoms with Crippen LogP contribution in [0.2, 0.25) is 0 Å². The van der Waals surface area contributed by atoms with Gasteiger partial charge in [-0.2, -0.15) is 11.8 Å². The molecule has 0 aromatic rings. The van der Waals surface area contributed by atoms with Gasteiger partial charge in [0.2, 0.25) is 17.7 Å². The molecule has 0 heterocycles. The van der Waals surface area contributed by atoms with Crippen LogP contribution < -0.4 is 21.7 Å². The summed E-state index contributed by atoms with van der Waals surface area (Å²) in [5.74, 6) is -6.15. The molecule has 0 rings (SSSR count). The van der Waals surface area contributed by atoms with E-state index in [1.165, 1.54) is 6.92 Å². The van der Waals surface area contributed by atoms with E-state index in [4.69, 9.17) is 21.1 Å². The average molecular weight is 450 g/mol. The number of carboxylic acids is 3. The minimum atomic E-state index is -1.33. The maximum absolute atomic E-state index is 12.3. The van der Waals surface area contributed by atoms with E-state index in [-0.39, 0.29) is 24.3 Å². The fourth-order valence-corrected chi connectivity index (χ4v) is 2.99. The molecule has 3 amide bonds. The highest BCUT2D eigenvalue weighted by atomic mass is 32.2. The monoisotopic (exact) mass is 450 g/mol. The van der Waals surface area contributed by atoms with Crippen LogP contribution in [0, 0.1) is 0 Å². The van der Waals surface area contributed by atoms with Crippen molar-refractivity contribution in [3.8, 4) is 0 Å². The molecule has 0 aromatic carbocycles. The molecular weight excluding hydrogens is 424 g/mol. The topological polar surface area (TPSA) is 225 Å². The summed E-state index contributed by atoms with van der Waals surface area (Å²) in [6.07, 6.45) is -0.577. The third-order valence-corrected chi connectivity index (χ3v) is 4.78. The molecule has 0 saturated carbocycles. The first-order valence-electron chi connectivity index (χ1n) is 8.73. The Hall–Kier alpha value is -2.87. The Morgan fingerprint density at radius 2 is 1.47 bits per heavy atom. The summed E-state index contributed by atoms with van der Waals surface area (Å²) in [7, 11) is 0. The number of nitrogens with two attached hydrogens (primary N) is 1. The summed E-state index contributed by atoms with van der Waals surface area (Å²) >= 11 is 0.961. The van der Waals surface area contributed by atoms with Gasteiger partial charge in [0, 0.05) is 24.9 Å². The van der Waals surface area contributed by atoms with Crippen LogP contribution in [0.3, 0.4) is 0 Å². The normalized spacial score (nSPS) is 14.5. The molecule has 14 heteroatoms. The summed E-state index contributed by atoms with van der Waals surface area (Å²) in [6.45, 7) is 2.34. The quantitative estimate of drug-likeness (QED) is 0.147. The molecule has 0 aliphatic heterocycles. The second-order valence-electron chi connectivity index (χ2n) is 6.30. The molecule has 170 valence electrons. The first-order valence-corrected chi connectivity index (χ1v) is 9.89. The van der Waals surface area contributed by atoms with Gasteiger partial charge >= 0.3 is 17.9 Å². The SMILES string of the molecule is CC(=O)N[C@H](CCC(=O)N[C@H](CSC[C@H](N)C(=O)O)C(=O)N[C@H](C)C(=O)O)C(=O)O. The van der Waals surface area contributed by atoms with E-state index in [1.807, 2.05) is 0 Å². The van der Waals surface area contributed by atoms with Crippen LogP contribution in [0.1, 0.15) is 26.7 Å². The van der Waals surface area contributed by atoms with Gasteiger partial charge in [0.25, 0.3) is 0 Å². The molecule has 0 aliphatic rings. The minimum Gasteiger partial charge on any atom is -0.480 e. The van der Waals surface area contributed by atoms with Crippen molar-refractivity contribution in [2.24, 2.45) is 5.73 Å². The molecule has 4 atom stereocenters. The van der Waals surface area contributed by atoms with E-state index < -0.39 is 59.8 Å². The highest BCUT2D eigenvalue weighted by Crippen LogP contribution is 2.07. The molecule has 0 bridgehead atoms. The minimum absolute atomic E-state index is 0.0624. The van der Waals surface area contributed by atoms with E-state index in [0.29, 0.717) is 0 Å². The van der Waals surface area contributed by atoms with Crippen molar-refractivity contribution in [3.63, 3.8) is 0 Å². The smallest absolute Gasteiger partial charge is 0.326 e. The number of nitrogens with one attached hydrogen (secondary N) is 3. The highest BCUT2D eigenvalue weighted by molar-refractivity contribution is 7.99. The number of hydrogen-bond donors (Lipinski definition) is 7. The van der Waals surface area contributed by atoms with Crippen LogP contribution in [-0.4, -0.2) is 86.6 Å². The number of aliphatic carboxylic acids is 3. The maximum atomic E-state index is 12.3. The van der Waals surface area contributed by atoms with Crippen molar-refractivity contribution < 1.29 is 44.1 Å². The lowest BCUT2D eigenvalue weighted by atomic mass is 10.1. The van der Waals surface area contributed by atoms with E-state index in [0.717, 1.165) is 18.7 Å². The second kappa shape index (κ2) is 13.4. The molecule has 0 fully saturated rings. The van der Waals surface area contributed by atoms with Gasteiger partial charge in [-0.25, -0.2) is 4.79 Å². The van der Waals surface area contributed by atoms with Gasteiger partial charge in [0.1, 0.15) is 24.2 Å². The molecule has 0 saturated heterocycles. The van der Waals surface area contributed by atoms with Gasteiger partial charge in [-0.05, 0) is 13.3 Å². The number of carbonyl (C=O) groups is 6. The average Bonchev–Trinajstić information content (AvgIpc) is 2.63. The largest absolute Gasteiger partial charge is 0.480 e. The van der Waals surface area contributed by atoms with Gasteiger partial charge < -0.3 is 37.0 Å². The standard InChI is InChI=1S/C16H26N4O9S/c1-7(14(24)25)18-13(23)11(6-30-5-9(17)15(26)27)20-12(22)4-3-10(16(28)29)19-8(2)21/h7,9-11H,3-6,17H2,1-2H3,(H,18,23)(H,19,21)(H,20,22)(H,24,25)(H,26,27)(H,28,29)/t7-,9+,10-,11-/m1/s1. The van der Waals surface area contributed by atoms with E-state index in [2.05, 4.69) is 16.0 Å². The Morgan fingerprint density at radius 3 is 1.93 bits per heavy atom. The summed E-state index contributed by atoms with van der Waals surface area (Å²) in [5.41, 5.74) is 5.37. The number of carbonyl (C=O) groups excluding carboxylic acids is 3. The number of hydrogen-bond acceptors (Lipinski definition) is 8. The lowest BCUT2D eigenvalue weighted by Gasteiger charge is -2.20. The molecule has 0 unspecified atom stereocenters. The summed E-state index contributed by atoms with van der Waals surface area (Å²) in [4.78, 5) is 68.2. The van der Waals surface area contributed by atoms with Crippen molar-refractivity contribution >= 4 is 47.4 Å². The first-order chi connectivity index (χ1) is 13.8. The lowest BCUT2D eigenvalue weighted by molar-refractivity contribution is -0.142. The summed E-state index contributed by atoms with van der Waals surface area (Å²) < 4.78 is 0. The van der Waals surface area contributed by atoms with Crippen molar-refractivity contribution in [1.29, 1.82) is 0 Å². The van der Waals surface area contributed by atoms with Crippen LogP contribution >= 0.6 is 11.8 Å². The third-order valence-electron chi connectivity index (χ3n) is 3.62. The number of carboxylic acid groups (broad SMARTS) is 3. The van der Waals surface area contributed by atoms with Gasteiger partial charge in [0.05, 0.1) is 0 Å². The van der Waals surface area contributed by atoms with Gasteiger partial charge in [-0.1, -0.05) is 0 Å². The molecular formula is C16H26N4O9S. The molecule has 8 N–H and O–H groups in total. The van der Waals surface area contributed by atoms with Crippen molar-refractivity contribution in [3.05, 3.63) is 0 Å². The third kappa shape index (κ3) is 11.2. The van der Waals surface area contributed by atoms with E-state index >= 15 is 0 Å². The summed E-state index contributed by atoms with van der Waals surface area (Å²) in [6, 6.07) is -4.94. The maximum Gasteiger partial charge on any atom is 0.326 e. The van der Waals surface area contributed by atoms with Gasteiger partial charge in [-0.15, -0.1) is 0 Å². The zero-order valence-corrected chi connectivity index (χ0v) is 17.2. The summed E-state index contributed by atoms with van der Waals surface area (Å²) in [5, 5.41) is 33.4. The number of rotatable bonds is 14. The number of thioether (sulfide) groups is 1. The molecule has 0 radical (unpaired) electrons. The lowest BCUT2D eigenvalue weighted by Crippen LogP contribution is -2.52. The van der Waals surface area contributed by atoms with Crippen LogP contribution in [0.15, 0.2) is 0 Å². The van der Waals surface area contributed by atoms with Gasteiger partial charge in [0.15, 0.2) is 0 Å². The molecule has 0 aromatic heterocycles. The molecule has 0 aliphatic carbocycles. The molecule has 30 heavy (non-hydrogen) atoms. The molecule has 0 spiro atoms. The molecule has 13 nitrogen and oxygen atoms in total. The zero-order chi connectivity index (χ0) is 23.4.